The SMILES string of the molecule is COc1ccccc1CC(=O)N[C@@H](C)c1n[nH]c(C)n1. The number of para-hydroxylation sites is 1. The zero-order valence-electron chi connectivity index (χ0n) is 11.8. The summed E-state index contributed by atoms with van der Waals surface area (Å²) in [4.78, 5) is 16.2. The molecule has 1 aromatic heterocycles. The van der Waals surface area contributed by atoms with E-state index in [4.69, 9.17) is 4.74 Å². The van der Waals surface area contributed by atoms with Crippen molar-refractivity contribution in [2.75, 3.05) is 7.11 Å². The molecule has 0 bridgehead atoms. The summed E-state index contributed by atoms with van der Waals surface area (Å²) in [6.45, 7) is 3.67. The second-order valence-electron chi connectivity index (χ2n) is 4.56. The lowest BCUT2D eigenvalue weighted by Gasteiger charge is -2.12. The van der Waals surface area contributed by atoms with E-state index in [-0.39, 0.29) is 18.4 Å². The van der Waals surface area contributed by atoms with E-state index in [0.29, 0.717) is 11.6 Å². The van der Waals surface area contributed by atoms with Gasteiger partial charge in [0.1, 0.15) is 11.6 Å². The van der Waals surface area contributed by atoms with E-state index in [1.165, 1.54) is 0 Å². The van der Waals surface area contributed by atoms with Crippen molar-refractivity contribution in [3.05, 3.63) is 41.5 Å². The molecule has 2 rings (SSSR count). The fourth-order valence-electron chi connectivity index (χ4n) is 1.93. The van der Waals surface area contributed by atoms with Gasteiger partial charge in [0.15, 0.2) is 5.82 Å². The van der Waals surface area contributed by atoms with Gasteiger partial charge in [-0.15, -0.1) is 0 Å². The van der Waals surface area contributed by atoms with Crippen LogP contribution in [0.5, 0.6) is 5.75 Å². The van der Waals surface area contributed by atoms with Crippen molar-refractivity contribution in [3.63, 3.8) is 0 Å². The van der Waals surface area contributed by atoms with Gasteiger partial charge in [0.05, 0.1) is 19.6 Å². The van der Waals surface area contributed by atoms with Crippen LogP contribution in [0.1, 0.15) is 30.2 Å². The summed E-state index contributed by atoms with van der Waals surface area (Å²) in [6, 6.07) is 7.24. The maximum Gasteiger partial charge on any atom is 0.225 e. The average Bonchev–Trinajstić information content (AvgIpc) is 2.86. The standard InChI is InChI=1S/C14H18N4O2/c1-9(14-16-10(2)17-18-14)15-13(19)8-11-6-4-5-7-12(11)20-3/h4-7,9H,8H2,1-3H3,(H,15,19)(H,16,17,18)/t9-/m0/s1. The molecule has 0 radical (unpaired) electrons. The minimum atomic E-state index is -0.234. The van der Waals surface area contributed by atoms with Crippen LogP contribution in [0.2, 0.25) is 0 Å². The third-order valence-electron chi connectivity index (χ3n) is 2.92. The number of benzene rings is 1. The van der Waals surface area contributed by atoms with Gasteiger partial charge < -0.3 is 10.1 Å². The number of carbonyl (C=O) groups excluding carboxylic acids is 1. The molecular weight excluding hydrogens is 256 g/mol. The number of hydrogen-bond acceptors (Lipinski definition) is 4. The molecule has 2 N–H and O–H groups in total. The Kier molecular flexibility index (Phi) is 4.34. The summed E-state index contributed by atoms with van der Waals surface area (Å²) in [5, 5.41) is 9.66. The van der Waals surface area contributed by atoms with Crippen molar-refractivity contribution in [1.82, 2.24) is 20.5 Å². The molecule has 106 valence electrons. The summed E-state index contributed by atoms with van der Waals surface area (Å²) < 4.78 is 5.23. The molecule has 0 aliphatic carbocycles. The summed E-state index contributed by atoms with van der Waals surface area (Å²) >= 11 is 0. The second-order valence-corrected chi connectivity index (χ2v) is 4.56. The van der Waals surface area contributed by atoms with Crippen LogP contribution < -0.4 is 10.1 Å². The largest absolute Gasteiger partial charge is 0.496 e. The predicted octanol–water partition coefficient (Wildman–Crippen LogP) is 1.54. The summed E-state index contributed by atoms with van der Waals surface area (Å²) in [7, 11) is 1.59. The van der Waals surface area contributed by atoms with Crippen LogP contribution in [-0.4, -0.2) is 28.2 Å². The number of nitrogens with one attached hydrogen (secondary N) is 2. The highest BCUT2D eigenvalue weighted by Crippen LogP contribution is 2.18. The number of ether oxygens (including phenoxy) is 1. The lowest BCUT2D eigenvalue weighted by molar-refractivity contribution is -0.121. The maximum atomic E-state index is 12.0. The van der Waals surface area contributed by atoms with Crippen molar-refractivity contribution in [2.45, 2.75) is 26.3 Å². The molecule has 1 amide bonds. The fourth-order valence-corrected chi connectivity index (χ4v) is 1.93. The van der Waals surface area contributed by atoms with Crippen molar-refractivity contribution in [3.8, 4) is 5.75 Å². The third kappa shape index (κ3) is 3.34. The topological polar surface area (TPSA) is 79.9 Å². The van der Waals surface area contributed by atoms with Gasteiger partial charge in [0, 0.05) is 5.56 Å². The van der Waals surface area contributed by atoms with E-state index >= 15 is 0 Å². The zero-order chi connectivity index (χ0) is 14.5. The Morgan fingerprint density at radius 3 is 2.85 bits per heavy atom. The number of nitrogens with zero attached hydrogens (tertiary/aromatic N) is 2. The van der Waals surface area contributed by atoms with E-state index in [1.54, 1.807) is 7.11 Å². The van der Waals surface area contributed by atoms with E-state index in [9.17, 15) is 4.79 Å². The van der Waals surface area contributed by atoms with Crippen molar-refractivity contribution in [2.24, 2.45) is 0 Å². The van der Waals surface area contributed by atoms with Gasteiger partial charge in [-0.05, 0) is 19.9 Å². The number of amides is 1. The molecule has 6 heteroatoms. The highest BCUT2D eigenvalue weighted by Gasteiger charge is 2.15. The van der Waals surface area contributed by atoms with Gasteiger partial charge in [-0.1, -0.05) is 18.2 Å². The molecule has 0 aliphatic rings. The van der Waals surface area contributed by atoms with Crippen LogP contribution in [0, 0.1) is 6.92 Å². The molecule has 1 aromatic carbocycles. The first-order valence-corrected chi connectivity index (χ1v) is 6.40. The minimum Gasteiger partial charge on any atom is -0.496 e. The smallest absolute Gasteiger partial charge is 0.225 e. The normalized spacial score (nSPS) is 11.9. The number of rotatable bonds is 5. The fraction of sp³-hybridized carbons (Fsp3) is 0.357. The lowest BCUT2D eigenvalue weighted by atomic mass is 10.1. The first-order valence-electron chi connectivity index (χ1n) is 6.40. The second kappa shape index (κ2) is 6.18. The summed E-state index contributed by atoms with van der Waals surface area (Å²) in [6.07, 6.45) is 0.262. The number of aromatic nitrogens is 3. The Hall–Kier alpha value is -2.37. The Morgan fingerprint density at radius 2 is 2.20 bits per heavy atom. The Balaban J connectivity index is 1.98. The summed E-state index contributed by atoms with van der Waals surface area (Å²) in [5.74, 6) is 1.93. The molecule has 20 heavy (non-hydrogen) atoms. The van der Waals surface area contributed by atoms with Crippen LogP contribution in [-0.2, 0) is 11.2 Å². The molecule has 1 heterocycles. The quantitative estimate of drug-likeness (QED) is 0.866. The number of aromatic amines is 1. The highest BCUT2D eigenvalue weighted by atomic mass is 16.5. The molecule has 0 aliphatic heterocycles. The minimum absolute atomic E-state index is 0.0931. The van der Waals surface area contributed by atoms with Gasteiger partial charge >= 0.3 is 0 Å². The van der Waals surface area contributed by atoms with Gasteiger partial charge in [-0.3, -0.25) is 9.89 Å². The van der Waals surface area contributed by atoms with Crippen molar-refractivity contribution >= 4 is 5.91 Å². The van der Waals surface area contributed by atoms with Crippen molar-refractivity contribution < 1.29 is 9.53 Å². The number of H-pyrrole nitrogens is 1. The number of hydrogen-bond donors (Lipinski definition) is 2. The molecule has 6 nitrogen and oxygen atoms in total. The van der Waals surface area contributed by atoms with Crippen molar-refractivity contribution in [1.29, 1.82) is 0 Å². The predicted molar refractivity (Wildman–Crippen MR) is 74.4 cm³/mol. The Bertz CT molecular complexity index is 594. The van der Waals surface area contributed by atoms with Crippen LogP contribution in [0.3, 0.4) is 0 Å². The van der Waals surface area contributed by atoms with E-state index in [0.717, 1.165) is 11.4 Å². The van der Waals surface area contributed by atoms with Gasteiger partial charge in [-0.25, -0.2) is 4.98 Å². The molecule has 0 saturated carbocycles. The molecule has 0 unspecified atom stereocenters. The lowest BCUT2D eigenvalue weighted by Crippen LogP contribution is -2.28. The Labute approximate surface area is 117 Å². The van der Waals surface area contributed by atoms with Gasteiger partial charge in [0.2, 0.25) is 5.91 Å². The van der Waals surface area contributed by atoms with Crippen LogP contribution in [0.15, 0.2) is 24.3 Å². The third-order valence-corrected chi connectivity index (χ3v) is 2.92. The number of carbonyl (C=O) groups is 1. The molecule has 1 atom stereocenters. The molecule has 0 saturated heterocycles. The molecule has 2 aromatic rings. The first kappa shape index (κ1) is 14.0. The molecule has 0 fully saturated rings. The monoisotopic (exact) mass is 274 g/mol. The Morgan fingerprint density at radius 1 is 1.45 bits per heavy atom. The van der Waals surface area contributed by atoms with E-state index in [2.05, 4.69) is 20.5 Å². The first-order chi connectivity index (χ1) is 9.60. The van der Waals surface area contributed by atoms with Crippen LogP contribution in [0.25, 0.3) is 0 Å². The number of methoxy groups -OCH3 is 1. The van der Waals surface area contributed by atoms with Gasteiger partial charge in [-0.2, -0.15) is 5.10 Å². The van der Waals surface area contributed by atoms with E-state index in [1.807, 2.05) is 38.1 Å². The average molecular weight is 274 g/mol. The maximum absolute atomic E-state index is 12.0. The zero-order valence-corrected chi connectivity index (χ0v) is 11.8. The molecular formula is C14H18N4O2. The van der Waals surface area contributed by atoms with Crippen LogP contribution in [0.4, 0.5) is 0 Å². The van der Waals surface area contributed by atoms with Crippen LogP contribution >= 0.6 is 0 Å². The molecule has 0 spiro atoms. The van der Waals surface area contributed by atoms with E-state index < -0.39 is 0 Å². The van der Waals surface area contributed by atoms with Gasteiger partial charge in [0.25, 0.3) is 0 Å². The highest BCUT2D eigenvalue weighted by molar-refractivity contribution is 5.79. The number of aryl methyl sites for hydroxylation is 1. The summed E-state index contributed by atoms with van der Waals surface area (Å²) in [5.41, 5.74) is 0.853.